The number of hydrogen-bond acceptors (Lipinski definition) is 7. The first-order valence-electron chi connectivity index (χ1n) is 14.1. The van der Waals surface area contributed by atoms with Crippen molar-refractivity contribution in [2.45, 2.75) is 18.8 Å². The van der Waals surface area contributed by atoms with Crippen LogP contribution in [-0.4, -0.2) is 62.6 Å². The molecule has 3 aromatic carbocycles. The number of amides is 2. The van der Waals surface area contributed by atoms with Crippen molar-refractivity contribution < 1.29 is 14.3 Å². The van der Waals surface area contributed by atoms with Crippen LogP contribution in [0.3, 0.4) is 0 Å². The van der Waals surface area contributed by atoms with Crippen molar-refractivity contribution in [1.82, 2.24) is 24.5 Å². The van der Waals surface area contributed by atoms with Crippen LogP contribution in [0.1, 0.15) is 45.0 Å². The van der Waals surface area contributed by atoms with Gasteiger partial charge in [-0.3, -0.25) is 9.59 Å². The quantitative estimate of drug-likeness (QED) is 0.284. The Morgan fingerprint density at radius 2 is 1.64 bits per heavy atom. The summed E-state index contributed by atoms with van der Waals surface area (Å²) in [7, 11) is 0. The second-order valence-corrected chi connectivity index (χ2v) is 10.5. The van der Waals surface area contributed by atoms with Crippen LogP contribution >= 0.6 is 0 Å². The van der Waals surface area contributed by atoms with E-state index >= 15 is 0 Å². The number of anilines is 3. The highest BCUT2D eigenvalue weighted by Crippen LogP contribution is 2.40. The molecule has 10 heteroatoms. The maximum atomic E-state index is 12.9. The van der Waals surface area contributed by atoms with Crippen molar-refractivity contribution in [2.75, 3.05) is 36.9 Å². The zero-order chi connectivity index (χ0) is 28.5. The van der Waals surface area contributed by atoms with E-state index < -0.39 is 0 Å². The summed E-state index contributed by atoms with van der Waals surface area (Å²) >= 11 is 0. The van der Waals surface area contributed by atoms with E-state index in [2.05, 4.69) is 20.7 Å². The van der Waals surface area contributed by atoms with Gasteiger partial charge in [-0.05, 0) is 72.9 Å². The van der Waals surface area contributed by atoms with Gasteiger partial charge < -0.3 is 20.3 Å². The Hall–Kier alpha value is -5.09. The highest BCUT2D eigenvalue weighted by molar-refractivity contribution is 6.04. The van der Waals surface area contributed by atoms with Gasteiger partial charge in [0.15, 0.2) is 17.3 Å². The molecule has 0 spiro atoms. The third-order valence-electron chi connectivity index (χ3n) is 7.55. The molecule has 2 amide bonds. The Balaban J connectivity index is 1.10. The van der Waals surface area contributed by atoms with Crippen molar-refractivity contribution in [3.63, 3.8) is 0 Å². The number of carbonyl (C=O) groups is 2. The summed E-state index contributed by atoms with van der Waals surface area (Å²) in [6.45, 7) is 2.31. The Labute approximate surface area is 242 Å². The molecular formula is C32H29N7O3. The van der Waals surface area contributed by atoms with Gasteiger partial charge in [-0.25, -0.2) is 14.5 Å². The molecular weight excluding hydrogens is 530 g/mol. The molecule has 10 nitrogen and oxygen atoms in total. The molecule has 1 aliphatic carbocycles. The highest BCUT2D eigenvalue weighted by atomic mass is 16.5. The van der Waals surface area contributed by atoms with Crippen molar-refractivity contribution in [1.29, 1.82) is 0 Å². The van der Waals surface area contributed by atoms with Crippen LogP contribution in [0.4, 0.5) is 17.2 Å². The van der Waals surface area contributed by atoms with E-state index in [0.717, 1.165) is 11.3 Å². The summed E-state index contributed by atoms with van der Waals surface area (Å²) in [5, 5.41) is 11.0. The average Bonchev–Trinajstić information content (AvgIpc) is 3.78. The number of aromatic nitrogens is 4. The molecule has 0 unspecified atom stereocenters. The zero-order valence-corrected chi connectivity index (χ0v) is 22.9. The van der Waals surface area contributed by atoms with Gasteiger partial charge in [0.2, 0.25) is 0 Å². The Bertz CT molecular complexity index is 1760. The van der Waals surface area contributed by atoms with E-state index in [1.165, 1.54) is 18.4 Å². The molecule has 2 N–H and O–H groups in total. The predicted octanol–water partition coefficient (Wildman–Crippen LogP) is 5.14. The third-order valence-corrected chi connectivity index (χ3v) is 7.55. The van der Waals surface area contributed by atoms with Gasteiger partial charge in [-0.2, -0.15) is 0 Å². The first-order chi connectivity index (χ1) is 20.6. The minimum Gasteiger partial charge on any atom is -0.378 e. The number of rotatable bonds is 7. The fourth-order valence-corrected chi connectivity index (χ4v) is 5.08. The lowest BCUT2D eigenvalue weighted by Gasteiger charge is -2.26. The number of ether oxygens (including phenoxy) is 1. The molecule has 2 aliphatic rings. The van der Waals surface area contributed by atoms with E-state index in [1.54, 1.807) is 33.9 Å². The molecule has 210 valence electrons. The summed E-state index contributed by atoms with van der Waals surface area (Å²) in [4.78, 5) is 36.7. The number of nitrogens with one attached hydrogen (secondary N) is 2. The highest BCUT2D eigenvalue weighted by Gasteiger charge is 2.23. The summed E-state index contributed by atoms with van der Waals surface area (Å²) in [5.41, 5.74) is 5.24. The van der Waals surface area contributed by atoms with Crippen molar-refractivity contribution in [3.8, 4) is 11.4 Å². The van der Waals surface area contributed by atoms with E-state index in [-0.39, 0.29) is 11.8 Å². The standard InChI is InChI=1S/C32H29N7O3/c40-31(23-8-6-22(7-9-23)21-4-5-21)35-27-3-1-2-25(20-27)28-36-29(30-33-14-15-39(30)37-28)34-26-12-10-24(11-13-26)32(41)38-16-18-42-19-17-38/h1-3,6-15,20-21H,4-5,16-19H2,(H,35,40)(H,34,36,37). The summed E-state index contributed by atoms with van der Waals surface area (Å²) in [5.74, 6) is 1.45. The second kappa shape index (κ2) is 11.1. The van der Waals surface area contributed by atoms with Crippen LogP contribution in [0.15, 0.2) is 85.2 Å². The molecule has 1 saturated heterocycles. The van der Waals surface area contributed by atoms with Crippen LogP contribution in [-0.2, 0) is 4.74 Å². The zero-order valence-electron chi connectivity index (χ0n) is 22.9. The molecule has 0 atom stereocenters. The molecule has 1 saturated carbocycles. The summed E-state index contributed by atoms with van der Waals surface area (Å²) in [6.07, 6.45) is 5.87. The van der Waals surface area contributed by atoms with Crippen LogP contribution in [0.5, 0.6) is 0 Å². The van der Waals surface area contributed by atoms with Gasteiger partial charge in [0, 0.05) is 53.5 Å². The van der Waals surface area contributed by atoms with Crippen molar-refractivity contribution in [3.05, 3.63) is 102 Å². The Kier molecular flexibility index (Phi) is 6.81. The Morgan fingerprint density at radius 1 is 0.881 bits per heavy atom. The normalized spacial score (nSPS) is 15.0. The third kappa shape index (κ3) is 5.44. The lowest BCUT2D eigenvalue weighted by Crippen LogP contribution is -2.40. The number of nitrogens with zero attached hydrogens (tertiary/aromatic N) is 5. The van der Waals surface area contributed by atoms with Gasteiger partial charge in [0.1, 0.15) is 0 Å². The van der Waals surface area contributed by atoms with E-state index in [4.69, 9.17) is 9.72 Å². The van der Waals surface area contributed by atoms with Crippen molar-refractivity contribution >= 4 is 34.7 Å². The molecule has 7 rings (SSSR count). The monoisotopic (exact) mass is 559 g/mol. The topological polar surface area (TPSA) is 114 Å². The number of morpholine rings is 1. The van der Waals surface area contributed by atoms with Crippen LogP contribution in [0.2, 0.25) is 0 Å². The molecule has 0 radical (unpaired) electrons. The molecule has 3 heterocycles. The molecule has 2 fully saturated rings. The van der Waals surface area contributed by atoms with Gasteiger partial charge in [-0.15, -0.1) is 5.10 Å². The molecule has 2 aromatic heterocycles. The molecule has 42 heavy (non-hydrogen) atoms. The smallest absolute Gasteiger partial charge is 0.255 e. The van der Waals surface area contributed by atoms with Crippen LogP contribution in [0.25, 0.3) is 17.0 Å². The van der Waals surface area contributed by atoms with Gasteiger partial charge in [0.05, 0.1) is 13.2 Å². The lowest BCUT2D eigenvalue weighted by molar-refractivity contribution is 0.0303. The number of benzene rings is 3. The maximum absolute atomic E-state index is 12.9. The van der Waals surface area contributed by atoms with Crippen molar-refractivity contribution in [2.24, 2.45) is 0 Å². The number of fused-ring (bicyclic) bond motifs is 1. The molecule has 5 aromatic rings. The summed E-state index contributed by atoms with van der Waals surface area (Å²) < 4.78 is 7.01. The Morgan fingerprint density at radius 3 is 2.40 bits per heavy atom. The molecule has 1 aliphatic heterocycles. The maximum Gasteiger partial charge on any atom is 0.255 e. The van der Waals surface area contributed by atoms with E-state index in [9.17, 15) is 9.59 Å². The molecule has 0 bridgehead atoms. The largest absolute Gasteiger partial charge is 0.378 e. The average molecular weight is 560 g/mol. The lowest BCUT2D eigenvalue weighted by atomic mass is 10.1. The number of hydrogen-bond donors (Lipinski definition) is 2. The number of imidazole rings is 1. The van der Waals surface area contributed by atoms with Crippen LogP contribution in [0, 0.1) is 0 Å². The minimum absolute atomic E-state index is 0.00735. The van der Waals surface area contributed by atoms with Gasteiger partial charge >= 0.3 is 0 Å². The predicted molar refractivity (Wildman–Crippen MR) is 159 cm³/mol. The van der Waals surface area contributed by atoms with E-state index in [0.29, 0.717) is 66.3 Å². The SMILES string of the molecule is O=C(Nc1cccc(-c2nc(Nc3ccc(C(=O)N4CCOCC4)cc3)c3nccn3n2)c1)c1ccc(C2CC2)cc1. The summed E-state index contributed by atoms with van der Waals surface area (Å²) in [6, 6.07) is 22.6. The first kappa shape index (κ1) is 25.8. The van der Waals surface area contributed by atoms with E-state index in [1.807, 2.05) is 60.7 Å². The fraction of sp³-hybridized carbons (Fsp3) is 0.219. The van der Waals surface area contributed by atoms with Crippen LogP contribution < -0.4 is 10.6 Å². The van der Waals surface area contributed by atoms with Gasteiger partial charge in [-0.1, -0.05) is 24.3 Å². The van der Waals surface area contributed by atoms with Gasteiger partial charge in [0.25, 0.3) is 11.8 Å². The number of carbonyl (C=O) groups excluding carboxylic acids is 2. The minimum atomic E-state index is -0.168. The second-order valence-electron chi connectivity index (χ2n) is 10.5. The fourth-order valence-electron chi connectivity index (χ4n) is 5.08. The first-order valence-corrected chi connectivity index (χ1v) is 14.1.